The van der Waals surface area contributed by atoms with Gasteiger partial charge in [0.2, 0.25) is 0 Å². The molecule has 0 aliphatic carbocycles. The second kappa shape index (κ2) is 5.68. The zero-order valence-corrected chi connectivity index (χ0v) is 9.01. The van der Waals surface area contributed by atoms with Gasteiger partial charge in [0, 0.05) is 0 Å². The van der Waals surface area contributed by atoms with Crippen molar-refractivity contribution in [3.8, 4) is 5.75 Å². The van der Waals surface area contributed by atoms with Gasteiger partial charge < -0.3 is 16.0 Å². The van der Waals surface area contributed by atoms with E-state index in [2.05, 4.69) is 4.79 Å². The standard InChI is InChI=1S/C11H13N3O2/c1-16-9-4-2-3-8(7-9)5-6-10(14-13)11(12)15/h2-4,7H,5-6H2,1H3,(H2,12,15). The van der Waals surface area contributed by atoms with E-state index in [1.165, 1.54) is 0 Å². The summed E-state index contributed by atoms with van der Waals surface area (Å²) < 4.78 is 5.06. The molecule has 1 aromatic rings. The van der Waals surface area contributed by atoms with E-state index < -0.39 is 5.91 Å². The molecule has 0 aromatic heterocycles. The Bertz CT molecular complexity index is 437. The highest BCUT2D eigenvalue weighted by Gasteiger charge is 2.15. The maximum Gasteiger partial charge on any atom is 0.355 e. The number of hydrogen-bond acceptors (Lipinski definition) is 2. The number of hydrogen-bond donors (Lipinski definition) is 1. The molecule has 0 saturated carbocycles. The summed E-state index contributed by atoms with van der Waals surface area (Å²) >= 11 is 0. The number of aryl methyl sites for hydroxylation is 1. The van der Waals surface area contributed by atoms with Crippen LogP contribution < -0.4 is 10.5 Å². The van der Waals surface area contributed by atoms with E-state index in [0.717, 1.165) is 11.3 Å². The summed E-state index contributed by atoms with van der Waals surface area (Å²) in [6.45, 7) is 0. The minimum absolute atomic E-state index is 0.0252. The van der Waals surface area contributed by atoms with Gasteiger partial charge in [0.1, 0.15) is 5.75 Å². The van der Waals surface area contributed by atoms with Crippen LogP contribution in [-0.2, 0) is 11.2 Å². The minimum Gasteiger partial charge on any atom is -0.497 e. The third kappa shape index (κ3) is 3.22. The van der Waals surface area contributed by atoms with Gasteiger partial charge in [-0.3, -0.25) is 4.79 Å². The summed E-state index contributed by atoms with van der Waals surface area (Å²) in [5.41, 5.74) is 14.5. The predicted octanol–water partition coefficient (Wildman–Crippen LogP) is 0.784. The number of primary amides is 1. The van der Waals surface area contributed by atoms with Gasteiger partial charge in [-0.15, -0.1) is 0 Å². The smallest absolute Gasteiger partial charge is 0.355 e. The van der Waals surface area contributed by atoms with Crippen LogP contribution in [0.1, 0.15) is 12.0 Å². The Labute approximate surface area is 93.5 Å². The van der Waals surface area contributed by atoms with E-state index >= 15 is 0 Å². The van der Waals surface area contributed by atoms with Crippen LogP contribution in [0.15, 0.2) is 24.3 Å². The molecular weight excluding hydrogens is 206 g/mol. The molecule has 84 valence electrons. The SMILES string of the molecule is COc1cccc(CCC(=[N+]=[N-])C(N)=O)c1. The number of nitrogens with zero attached hydrogens (tertiary/aromatic N) is 2. The van der Waals surface area contributed by atoms with Crippen molar-refractivity contribution in [3.63, 3.8) is 0 Å². The highest BCUT2D eigenvalue weighted by atomic mass is 16.5. The molecule has 16 heavy (non-hydrogen) atoms. The summed E-state index contributed by atoms with van der Waals surface area (Å²) in [4.78, 5) is 13.6. The van der Waals surface area contributed by atoms with Crippen LogP contribution >= 0.6 is 0 Å². The number of benzene rings is 1. The van der Waals surface area contributed by atoms with Crippen LogP contribution in [0.25, 0.3) is 5.53 Å². The first kappa shape index (κ1) is 11.9. The molecule has 1 aromatic carbocycles. The molecular formula is C11H13N3O2. The van der Waals surface area contributed by atoms with E-state index in [1.807, 2.05) is 24.3 Å². The molecule has 0 aliphatic heterocycles. The number of rotatable bonds is 5. The number of nitrogens with two attached hydrogens (primary N) is 1. The van der Waals surface area contributed by atoms with Gasteiger partial charge >= 0.3 is 11.6 Å². The molecule has 0 radical (unpaired) electrons. The Morgan fingerprint density at radius 2 is 2.31 bits per heavy atom. The largest absolute Gasteiger partial charge is 0.497 e. The van der Waals surface area contributed by atoms with Crippen molar-refractivity contribution in [3.05, 3.63) is 35.4 Å². The van der Waals surface area contributed by atoms with Crippen molar-refractivity contribution in [1.82, 2.24) is 0 Å². The first-order valence-corrected chi connectivity index (χ1v) is 4.81. The number of methoxy groups -OCH3 is 1. The lowest BCUT2D eigenvalue weighted by Crippen LogP contribution is -2.24. The van der Waals surface area contributed by atoms with Crippen molar-refractivity contribution in [2.24, 2.45) is 5.73 Å². The normalized spacial score (nSPS) is 9.31. The molecule has 0 saturated heterocycles. The molecule has 0 fully saturated rings. The van der Waals surface area contributed by atoms with Crippen LogP contribution in [0.5, 0.6) is 5.75 Å². The Morgan fingerprint density at radius 3 is 2.88 bits per heavy atom. The fraction of sp³-hybridized carbons (Fsp3) is 0.273. The molecule has 0 spiro atoms. The molecule has 2 N–H and O–H groups in total. The van der Waals surface area contributed by atoms with Crippen molar-refractivity contribution >= 4 is 11.6 Å². The Hall–Kier alpha value is -2.13. The van der Waals surface area contributed by atoms with Crippen LogP contribution in [-0.4, -0.2) is 23.5 Å². The fourth-order valence-electron chi connectivity index (χ4n) is 1.31. The van der Waals surface area contributed by atoms with Crippen molar-refractivity contribution < 1.29 is 14.3 Å². The minimum atomic E-state index is -0.703. The van der Waals surface area contributed by atoms with E-state index in [4.69, 9.17) is 16.0 Å². The number of amides is 1. The average Bonchev–Trinajstić information content (AvgIpc) is 2.29. The lowest BCUT2D eigenvalue weighted by Gasteiger charge is -2.02. The summed E-state index contributed by atoms with van der Waals surface area (Å²) in [6.07, 6.45) is 0.874. The van der Waals surface area contributed by atoms with Gasteiger partial charge in [-0.1, -0.05) is 12.1 Å². The summed E-state index contributed by atoms with van der Waals surface area (Å²) in [6, 6.07) is 7.45. The average molecular weight is 219 g/mol. The molecule has 0 heterocycles. The van der Waals surface area contributed by atoms with Gasteiger partial charge in [0.25, 0.3) is 0 Å². The monoisotopic (exact) mass is 219 g/mol. The van der Waals surface area contributed by atoms with Crippen LogP contribution in [0, 0.1) is 0 Å². The molecule has 1 rings (SSSR count). The highest BCUT2D eigenvalue weighted by Crippen LogP contribution is 2.13. The lowest BCUT2D eigenvalue weighted by molar-refractivity contribution is -0.116. The number of ether oxygens (including phenoxy) is 1. The highest BCUT2D eigenvalue weighted by molar-refractivity contribution is 6.35. The third-order valence-electron chi connectivity index (χ3n) is 2.19. The second-order valence-corrected chi connectivity index (χ2v) is 3.26. The molecule has 0 bridgehead atoms. The Morgan fingerprint density at radius 1 is 1.56 bits per heavy atom. The first-order chi connectivity index (χ1) is 7.67. The van der Waals surface area contributed by atoms with Gasteiger partial charge in [-0.2, -0.15) is 4.79 Å². The summed E-state index contributed by atoms with van der Waals surface area (Å²) in [5, 5.41) is 0. The lowest BCUT2D eigenvalue weighted by atomic mass is 10.1. The zero-order valence-electron chi connectivity index (χ0n) is 9.01. The Balaban J connectivity index is 2.67. The summed E-state index contributed by atoms with van der Waals surface area (Å²) in [7, 11) is 1.59. The van der Waals surface area contributed by atoms with Crippen molar-refractivity contribution in [2.45, 2.75) is 12.8 Å². The van der Waals surface area contributed by atoms with Crippen molar-refractivity contribution in [2.75, 3.05) is 7.11 Å². The molecule has 0 aliphatic rings. The van der Waals surface area contributed by atoms with Gasteiger partial charge in [0.15, 0.2) is 0 Å². The van der Waals surface area contributed by atoms with Gasteiger partial charge in [-0.05, 0) is 24.1 Å². The van der Waals surface area contributed by atoms with Crippen LogP contribution in [0.3, 0.4) is 0 Å². The van der Waals surface area contributed by atoms with E-state index in [0.29, 0.717) is 12.8 Å². The summed E-state index contributed by atoms with van der Waals surface area (Å²) in [5.74, 6) is 0.0458. The first-order valence-electron chi connectivity index (χ1n) is 4.81. The quantitative estimate of drug-likeness (QED) is 0.450. The van der Waals surface area contributed by atoms with Gasteiger partial charge in [-0.25, -0.2) is 0 Å². The predicted molar refractivity (Wildman–Crippen MR) is 59.1 cm³/mol. The zero-order chi connectivity index (χ0) is 12.0. The van der Waals surface area contributed by atoms with E-state index in [9.17, 15) is 4.79 Å². The van der Waals surface area contributed by atoms with E-state index in [-0.39, 0.29) is 5.71 Å². The maximum atomic E-state index is 10.8. The van der Waals surface area contributed by atoms with Crippen LogP contribution in [0.2, 0.25) is 0 Å². The third-order valence-corrected chi connectivity index (χ3v) is 2.19. The molecule has 1 amide bonds. The van der Waals surface area contributed by atoms with E-state index in [1.54, 1.807) is 7.11 Å². The molecule has 0 atom stereocenters. The molecule has 5 nitrogen and oxygen atoms in total. The fourth-order valence-corrected chi connectivity index (χ4v) is 1.31. The number of carbonyl (C=O) groups excluding carboxylic acids is 1. The van der Waals surface area contributed by atoms with Gasteiger partial charge in [0.05, 0.1) is 13.5 Å². The molecule has 0 unspecified atom stereocenters. The van der Waals surface area contributed by atoms with Crippen LogP contribution in [0.4, 0.5) is 0 Å². The maximum absolute atomic E-state index is 10.8. The Kier molecular flexibility index (Phi) is 4.24. The van der Waals surface area contributed by atoms with Crippen molar-refractivity contribution in [1.29, 1.82) is 0 Å². The topological polar surface area (TPSA) is 88.7 Å². The number of carbonyl (C=O) groups is 1. The second-order valence-electron chi connectivity index (χ2n) is 3.26. The molecule has 5 heteroatoms.